The molecule has 0 bridgehead atoms. The molecule has 0 fully saturated rings. The minimum atomic E-state index is -0.632. The number of non-ortho nitro benzene ring substituents is 1. The Bertz CT molecular complexity index is 1100. The number of amides is 1. The van der Waals surface area contributed by atoms with E-state index in [0.717, 1.165) is 0 Å². The number of nitrogens with zero attached hydrogens (tertiary/aromatic N) is 2. The van der Waals surface area contributed by atoms with Crippen molar-refractivity contribution >= 4 is 40.0 Å². The van der Waals surface area contributed by atoms with Crippen molar-refractivity contribution in [1.82, 2.24) is 4.57 Å². The lowest BCUT2D eigenvalue weighted by molar-refractivity contribution is -0.384. The largest absolute Gasteiger partial charge is 0.495 e. The number of nitrogens with one attached hydrogen (secondary N) is 1. The fourth-order valence-electron chi connectivity index (χ4n) is 2.77. The minimum absolute atomic E-state index is 0.132. The van der Waals surface area contributed by atoms with Gasteiger partial charge in [0.05, 0.1) is 29.3 Å². The number of nitro benzene ring substituents is 1. The van der Waals surface area contributed by atoms with E-state index in [-0.39, 0.29) is 30.1 Å². The number of hydrogen-bond acceptors (Lipinski definition) is 6. The second kappa shape index (κ2) is 8.13. The zero-order valence-electron chi connectivity index (χ0n) is 14.8. The van der Waals surface area contributed by atoms with E-state index in [9.17, 15) is 19.7 Å². The normalized spacial score (nSPS) is 10.8. The smallest absolute Gasteiger partial charge is 0.419 e. The summed E-state index contributed by atoms with van der Waals surface area (Å²) in [4.78, 5) is 34.4. The van der Waals surface area contributed by atoms with Crippen LogP contribution in [0, 0.1) is 10.1 Å². The van der Waals surface area contributed by atoms with E-state index in [4.69, 9.17) is 20.8 Å². The van der Waals surface area contributed by atoms with Gasteiger partial charge in [-0.2, -0.15) is 0 Å². The molecule has 28 heavy (non-hydrogen) atoms. The minimum Gasteiger partial charge on any atom is -0.495 e. The maximum absolute atomic E-state index is 12.2. The monoisotopic (exact) mass is 405 g/mol. The number of hydrogen-bond donors (Lipinski definition) is 1. The third kappa shape index (κ3) is 4.15. The van der Waals surface area contributed by atoms with Crippen molar-refractivity contribution in [3.05, 3.63) is 62.1 Å². The van der Waals surface area contributed by atoms with Crippen molar-refractivity contribution in [2.45, 2.75) is 19.4 Å². The molecule has 0 saturated carbocycles. The first-order valence-corrected chi connectivity index (χ1v) is 8.68. The zero-order chi connectivity index (χ0) is 20.3. The Morgan fingerprint density at radius 2 is 2.11 bits per heavy atom. The number of rotatable bonds is 7. The van der Waals surface area contributed by atoms with Gasteiger partial charge in [0, 0.05) is 24.1 Å². The first-order valence-electron chi connectivity index (χ1n) is 8.30. The lowest BCUT2D eigenvalue weighted by atomic mass is 10.2. The maximum atomic E-state index is 12.2. The Balaban J connectivity index is 1.66. The Morgan fingerprint density at radius 1 is 1.32 bits per heavy atom. The Hall–Kier alpha value is -3.33. The molecule has 0 saturated heterocycles. The van der Waals surface area contributed by atoms with Crippen LogP contribution in [0.15, 0.2) is 45.6 Å². The molecule has 0 aliphatic carbocycles. The molecule has 0 spiro atoms. The van der Waals surface area contributed by atoms with Crippen LogP contribution in [0.25, 0.3) is 11.1 Å². The summed E-state index contributed by atoms with van der Waals surface area (Å²) in [6.07, 6.45) is 0.502. The summed E-state index contributed by atoms with van der Waals surface area (Å²) < 4.78 is 11.6. The van der Waals surface area contributed by atoms with Gasteiger partial charge in [0.1, 0.15) is 5.75 Å². The Morgan fingerprint density at radius 3 is 2.82 bits per heavy atom. The molecule has 0 radical (unpaired) electrons. The van der Waals surface area contributed by atoms with Crippen LogP contribution < -0.4 is 15.8 Å². The average molecular weight is 406 g/mol. The van der Waals surface area contributed by atoms with Crippen LogP contribution in [-0.4, -0.2) is 22.5 Å². The number of fused-ring (bicyclic) bond motifs is 1. The molecule has 10 heteroatoms. The van der Waals surface area contributed by atoms with E-state index < -0.39 is 10.7 Å². The van der Waals surface area contributed by atoms with Crippen LogP contribution in [0.5, 0.6) is 5.75 Å². The molecule has 0 unspecified atom stereocenters. The summed E-state index contributed by atoms with van der Waals surface area (Å²) in [5.74, 6) is -0.416. The second-order valence-electron chi connectivity index (χ2n) is 5.93. The fraction of sp³-hybridized carbons (Fsp3) is 0.222. The number of anilines is 1. The maximum Gasteiger partial charge on any atom is 0.419 e. The van der Waals surface area contributed by atoms with Gasteiger partial charge >= 0.3 is 5.76 Å². The van der Waals surface area contributed by atoms with Gasteiger partial charge in [-0.3, -0.25) is 19.5 Å². The van der Waals surface area contributed by atoms with Crippen LogP contribution >= 0.6 is 11.6 Å². The van der Waals surface area contributed by atoms with Crippen LogP contribution in [0.3, 0.4) is 0 Å². The molecule has 2 aromatic carbocycles. The standard InChI is InChI=1S/C18H16ClN3O6/c1-27-15-7-4-11(19)9-13(15)20-17(23)3-2-8-21-14-6-5-12(22(25)26)10-16(14)28-18(21)24/h4-7,9-10H,2-3,8H2,1H3,(H,20,23). The zero-order valence-corrected chi connectivity index (χ0v) is 15.6. The van der Waals surface area contributed by atoms with Gasteiger partial charge in [0.2, 0.25) is 5.91 Å². The van der Waals surface area contributed by atoms with E-state index >= 15 is 0 Å². The van der Waals surface area contributed by atoms with E-state index in [1.165, 1.54) is 29.9 Å². The van der Waals surface area contributed by atoms with Crippen molar-refractivity contribution in [3.8, 4) is 5.75 Å². The van der Waals surface area contributed by atoms with Crippen molar-refractivity contribution < 1.29 is 18.9 Å². The lowest BCUT2D eigenvalue weighted by Gasteiger charge is -2.10. The Labute approximate surface area is 163 Å². The molecule has 0 atom stereocenters. The number of methoxy groups -OCH3 is 1. The van der Waals surface area contributed by atoms with Crippen molar-refractivity contribution in [2.75, 3.05) is 12.4 Å². The summed E-state index contributed by atoms with van der Waals surface area (Å²) in [6, 6.07) is 8.83. The van der Waals surface area contributed by atoms with Crippen LogP contribution in [0.1, 0.15) is 12.8 Å². The highest BCUT2D eigenvalue weighted by Crippen LogP contribution is 2.28. The average Bonchev–Trinajstić information content (AvgIpc) is 2.96. The van der Waals surface area contributed by atoms with Gasteiger partial charge in [0.15, 0.2) is 5.58 Å². The molecular formula is C18H16ClN3O6. The molecular weight excluding hydrogens is 390 g/mol. The third-order valence-corrected chi connectivity index (χ3v) is 4.32. The lowest BCUT2D eigenvalue weighted by Crippen LogP contribution is -2.17. The number of carbonyl (C=O) groups excluding carboxylic acids is 1. The van der Waals surface area contributed by atoms with Gasteiger partial charge in [-0.05, 0) is 30.7 Å². The van der Waals surface area contributed by atoms with Crippen LogP contribution in [0.2, 0.25) is 5.02 Å². The van der Waals surface area contributed by atoms with Crippen molar-refractivity contribution in [3.63, 3.8) is 0 Å². The topological polar surface area (TPSA) is 117 Å². The molecule has 1 heterocycles. The molecule has 0 aliphatic heterocycles. The number of aromatic nitrogens is 1. The first kappa shape index (κ1) is 19.4. The summed E-state index contributed by atoms with van der Waals surface area (Å²) in [7, 11) is 1.49. The molecule has 9 nitrogen and oxygen atoms in total. The van der Waals surface area contributed by atoms with E-state index in [2.05, 4.69) is 5.32 Å². The predicted octanol–water partition coefficient (Wildman–Crippen LogP) is 3.58. The van der Waals surface area contributed by atoms with E-state index in [0.29, 0.717) is 28.4 Å². The van der Waals surface area contributed by atoms with Crippen LogP contribution in [0.4, 0.5) is 11.4 Å². The molecule has 3 aromatic rings. The molecule has 1 amide bonds. The van der Waals surface area contributed by atoms with Gasteiger partial charge in [-0.1, -0.05) is 11.6 Å². The fourth-order valence-corrected chi connectivity index (χ4v) is 2.94. The number of benzene rings is 2. The van der Waals surface area contributed by atoms with E-state index in [1.807, 2.05) is 0 Å². The van der Waals surface area contributed by atoms with Crippen molar-refractivity contribution in [1.29, 1.82) is 0 Å². The summed E-state index contributed by atoms with van der Waals surface area (Å²) in [5.41, 5.74) is 0.862. The number of oxazole rings is 1. The first-order chi connectivity index (χ1) is 13.4. The Kier molecular flexibility index (Phi) is 5.65. The van der Waals surface area contributed by atoms with Gasteiger partial charge in [0.25, 0.3) is 5.69 Å². The second-order valence-corrected chi connectivity index (χ2v) is 6.36. The predicted molar refractivity (Wildman–Crippen MR) is 103 cm³/mol. The number of aryl methyl sites for hydroxylation is 1. The number of carbonyl (C=O) groups is 1. The van der Waals surface area contributed by atoms with Gasteiger partial charge in [-0.25, -0.2) is 4.79 Å². The van der Waals surface area contributed by atoms with Crippen LogP contribution in [-0.2, 0) is 11.3 Å². The molecule has 0 aliphatic rings. The summed E-state index contributed by atoms with van der Waals surface area (Å²) in [6.45, 7) is 0.226. The SMILES string of the molecule is COc1ccc(Cl)cc1NC(=O)CCCn1c(=O)oc2cc([N+](=O)[O-])ccc21. The highest BCUT2D eigenvalue weighted by molar-refractivity contribution is 6.31. The van der Waals surface area contributed by atoms with Crippen molar-refractivity contribution in [2.24, 2.45) is 0 Å². The van der Waals surface area contributed by atoms with E-state index in [1.54, 1.807) is 18.2 Å². The number of ether oxygens (including phenoxy) is 1. The molecule has 3 rings (SSSR count). The molecule has 1 N–H and O–H groups in total. The molecule has 1 aromatic heterocycles. The quantitative estimate of drug-likeness (QED) is 0.474. The van der Waals surface area contributed by atoms with Gasteiger partial charge < -0.3 is 14.5 Å². The number of halogens is 1. The molecule has 146 valence electrons. The number of nitro groups is 1. The summed E-state index contributed by atoms with van der Waals surface area (Å²) in [5, 5.41) is 14.0. The summed E-state index contributed by atoms with van der Waals surface area (Å²) >= 11 is 5.94. The van der Waals surface area contributed by atoms with Gasteiger partial charge in [-0.15, -0.1) is 0 Å². The highest BCUT2D eigenvalue weighted by atomic mass is 35.5. The highest BCUT2D eigenvalue weighted by Gasteiger charge is 2.14. The third-order valence-electron chi connectivity index (χ3n) is 4.08.